The molecule has 1 aliphatic rings. The van der Waals surface area contributed by atoms with E-state index in [4.69, 9.17) is 4.74 Å². The number of nitrogens with zero attached hydrogens (tertiary/aromatic N) is 2. The Morgan fingerprint density at radius 1 is 1.19 bits per heavy atom. The lowest BCUT2D eigenvalue weighted by atomic mass is 9.92. The first-order chi connectivity index (χ1) is 12.8. The number of fused-ring (bicyclic) bond motifs is 1. The van der Waals surface area contributed by atoms with Crippen LogP contribution in [0.1, 0.15) is 41.6 Å². The molecule has 4 rings (SSSR count). The summed E-state index contributed by atoms with van der Waals surface area (Å²) in [5.41, 5.74) is 2.73. The van der Waals surface area contributed by atoms with E-state index in [0.29, 0.717) is 12.2 Å². The van der Waals surface area contributed by atoms with Gasteiger partial charge in [0.05, 0.1) is 36.8 Å². The molecule has 5 nitrogen and oxygen atoms in total. The van der Waals surface area contributed by atoms with Crippen LogP contribution >= 0.6 is 0 Å². The zero-order chi connectivity index (χ0) is 17.8. The number of amides is 1. The number of imidazole rings is 1. The summed E-state index contributed by atoms with van der Waals surface area (Å²) in [6.07, 6.45) is 9.62. The average Bonchev–Trinajstić information content (AvgIpc) is 3.16. The SMILES string of the molecule is O=C(N[C@H]1CCCC[C@@H]1OCc1ccccc1)c1ccn2cncc2c1. The van der Waals surface area contributed by atoms with E-state index in [1.165, 1.54) is 0 Å². The Morgan fingerprint density at radius 3 is 2.92 bits per heavy atom. The zero-order valence-corrected chi connectivity index (χ0v) is 14.7. The molecule has 134 valence electrons. The molecule has 2 atom stereocenters. The first-order valence-corrected chi connectivity index (χ1v) is 9.18. The molecule has 1 fully saturated rings. The lowest BCUT2D eigenvalue weighted by molar-refractivity contribution is -0.00461. The standard InChI is InChI=1S/C21H23N3O2/c25-21(17-10-11-24-15-22-13-18(24)12-17)23-19-8-4-5-9-20(19)26-14-16-6-2-1-3-7-16/h1-3,6-7,10-13,15,19-20H,4-5,8-9,14H2,(H,23,25)/t19-,20-/m0/s1. The van der Waals surface area contributed by atoms with E-state index in [1.807, 2.05) is 40.9 Å². The molecule has 1 aliphatic carbocycles. The fraction of sp³-hybridized carbons (Fsp3) is 0.333. The van der Waals surface area contributed by atoms with Crippen molar-refractivity contribution in [2.24, 2.45) is 0 Å². The lowest BCUT2D eigenvalue weighted by Gasteiger charge is -2.32. The number of aromatic nitrogens is 2. The van der Waals surface area contributed by atoms with Crippen LogP contribution in [0.5, 0.6) is 0 Å². The quantitative estimate of drug-likeness (QED) is 0.766. The van der Waals surface area contributed by atoms with Gasteiger partial charge in [-0.1, -0.05) is 43.2 Å². The highest BCUT2D eigenvalue weighted by molar-refractivity contribution is 5.95. The van der Waals surface area contributed by atoms with Gasteiger partial charge < -0.3 is 14.5 Å². The Hall–Kier alpha value is -2.66. The van der Waals surface area contributed by atoms with Crippen LogP contribution in [0.3, 0.4) is 0 Å². The molecule has 1 saturated carbocycles. The Balaban J connectivity index is 1.41. The van der Waals surface area contributed by atoms with Crippen molar-refractivity contribution in [3.05, 3.63) is 72.3 Å². The molecule has 0 unspecified atom stereocenters. The van der Waals surface area contributed by atoms with Crippen molar-refractivity contribution in [1.82, 2.24) is 14.7 Å². The van der Waals surface area contributed by atoms with E-state index in [0.717, 1.165) is 36.8 Å². The van der Waals surface area contributed by atoms with Crippen LogP contribution in [-0.2, 0) is 11.3 Å². The summed E-state index contributed by atoms with van der Waals surface area (Å²) in [7, 11) is 0. The minimum Gasteiger partial charge on any atom is -0.371 e. The van der Waals surface area contributed by atoms with Gasteiger partial charge in [0.1, 0.15) is 0 Å². The molecule has 0 radical (unpaired) electrons. The van der Waals surface area contributed by atoms with Crippen LogP contribution in [0.25, 0.3) is 5.52 Å². The van der Waals surface area contributed by atoms with Crippen molar-refractivity contribution >= 4 is 11.4 Å². The predicted octanol–water partition coefficient (Wildman–Crippen LogP) is 3.59. The van der Waals surface area contributed by atoms with E-state index in [-0.39, 0.29) is 18.1 Å². The highest BCUT2D eigenvalue weighted by Crippen LogP contribution is 2.23. The van der Waals surface area contributed by atoms with Crippen LogP contribution in [0.4, 0.5) is 0 Å². The van der Waals surface area contributed by atoms with E-state index < -0.39 is 0 Å². The van der Waals surface area contributed by atoms with E-state index in [9.17, 15) is 4.79 Å². The van der Waals surface area contributed by atoms with Gasteiger partial charge in [-0.2, -0.15) is 0 Å². The number of hydrogen-bond donors (Lipinski definition) is 1. The number of benzene rings is 1. The third kappa shape index (κ3) is 3.78. The van der Waals surface area contributed by atoms with Gasteiger partial charge in [-0.3, -0.25) is 4.79 Å². The van der Waals surface area contributed by atoms with Gasteiger partial charge in [-0.25, -0.2) is 4.98 Å². The highest BCUT2D eigenvalue weighted by Gasteiger charge is 2.27. The second-order valence-electron chi connectivity index (χ2n) is 6.84. The summed E-state index contributed by atoms with van der Waals surface area (Å²) >= 11 is 0. The van der Waals surface area contributed by atoms with Gasteiger partial charge >= 0.3 is 0 Å². The maximum Gasteiger partial charge on any atom is 0.251 e. The minimum atomic E-state index is -0.0473. The monoisotopic (exact) mass is 349 g/mol. The number of nitrogens with one attached hydrogen (secondary N) is 1. The summed E-state index contributed by atoms with van der Waals surface area (Å²) in [6, 6.07) is 13.9. The van der Waals surface area contributed by atoms with Crippen LogP contribution in [0.2, 0.25) is 0 Å². The first kappa shape index (κ1) is 16.8. The molecule has 5 heteroatoms. The van der Waals surface area contributed by atoms with Gasteiger partial charge in [0.25, 0.3) is 5.91 Å². The van der Waals surface area contributed by atoms with E-state index in [2.05, 4.69) is 22.4 Å². The summed E-state index contributed by atoms with van der Waals surface area (Å²) in [4.78, 5) is 16.8. The number of carbonyl (C=O) groups excluding carboxylic acids is 1. The number of rotatable bonds is 5. The van der Waals surface area contributed by atoms with Crippen molar-refractivity contribution in [2.75, 3.05) is 0 Å². The van der Waals surface area contributed by atoms with Gasteiger partial charge in [-0.15, -0.1) is 0 Å². The van der Waals surface area contributed by atoms with Crippen molar-refractivity contribution in [1.29, 1.82) is 0 Å². The molecular weight excluding hydrogens is 326 g/mol. The van der Waals surface area contributed by atoms with Crippen LogP contribution in [-0.4, -0.2) is 27.4 Å². The first-order valence-electron chi connectivity index (χ1n) is 9.18. The van der Waals surface area contributed by atoms with Gasteiger partial charge in [0, 0.05) is 11.8 Å². The maximum absolute atomic E-state index is 12.7. The van der Waals surface area contributed by atoms with Gasteiger partial charge in [-0.05, 0) is 30.5 Å². The largest absolute Gasteiger partial charge is 0.371 e. The molecule has 26 heavy (non-hydrogen) atoms. The Bertz CT molecular complexity index is 875. The smallest absolute Gasteiger partial charge is 0.251 e. The van der Waals surface area contributed by atoms with Crippen molar-refractivity contribution in [2.45, 2.75) is 44.4 Å². The molecule has 0 saturated heterocycles. The number of pyridine rings is 1. The lowest BCUT2D eigenvalue weighted by Crippen LogP contribution is -2.46. The fourth-order valence-electron chi connectivity index (χ4n) is 3.55. The number of hydrogen-bond acceptors (Lipinski definition) is 3. The Kier molecular flexibility index (Phi) is 4.97. The second kappa shape index (κ2) is 7.70. The second-order valence-corrected chi connectivity index (χ2v) is 6.84. The van der Waals surface area contributed by atoms with Crippen LogP contribution in [0, 0.1) is 0 Å². The van der Waals surface area contributed by atoms with E-state index >= 15 is 0 Å². The molecule has 1 aromatic carbocycles. The molecule has 0 spiro atoms. The Morgan fingerprint density at radius 2 is 2.04 bits per heavy atom. The van der Waals surface area contributed by atoms with Crippen LogP contribution < -0.4 is 5.32 Å². The molecule has 1 amide bonds. The molecule has 3 aromatic rings. The summed E-state index contributed by atoms with van der Waals surface area (Å²) in [6.45, 7) is 0.583. The normalized spacial score (nSPS) is 20.2. The van der Waals surface area contributed by atoms with Crippen molar-refractivity contribution in [3.8, 4) is 0 Å². The van der Waals surface area contributed by atoms with Crippen molar-refractivity contribution < 1.29 is 9.53 Å². The summed E-state index contributed by atoms with van der Waals surface area (Å²) in [5.74, 6) is -0.0473. The Labute approximate surface area is 153 Å². The number of ether oxygens (including phenoxy) is 1. The minimum absolute atomic E-state index is 0.0473. The molecule has 2 aromatic heterocycles. The molecule has 1 N–H and O–H groups in total. The molecule has 0 bridgehead atoms. The number of carbonyl (C=O) groups is 1. The fourth-order valence-corrected chi connectivity index (χ4v) is 3.55. The van der Waals surface area contributed by atoms with Crippen molar-refractivity contribution in [3.63, 3.8) is 0 Å². The zero-order valence-electron chi connectivity index (χ0n) is 14.7. The summed E-state index contributed by atoms with van der Waals surface area (Å²) < 4.78 is 8.04. The topological polar surface area (TPSA) is 55.6 Å². The van der Waals surface area contributed by atoms with Gasteiger partial charge in [0.2, 0.25) is 0 Å². The molecular formula is C21H23N3O2. The predicted molar refractivity (Wildman–Crippen MR) is 99.9 cm³/mol. The van der Waals surface area contributed by atoms with Gasteiger partial charge in [0.15, 0.2) is 0 Å². The summed E-state index contributed by atoms with van der Waals surface area (Å²) in [5, 5.41) is 3.18. The van der Waals surface area contributed by atoms with Crippen LogP contribution in [0.15, 0.2) is 61.2 Å². The molecule has 2 heterocycles. The van der Waals surface area contributed by atoms with E-state index in [1.54, 1.807) is 12.5 Å². The molecule has 0 aliphatic heterocycles. The third-order valence-corrected chi connectivity index (χ3v) is 5.00. The maximum atomic E-state index is 12.7. The third-order valence-electron chi connectivity index (χ3n) is 5.00. The average molecular weight is 349 g/mol. The highest BCUT2D eigenvalue weighted by atomic mass is 16.5.